The van der Waals surface area contributed by atoms with Crippen molar-refractivity contribution in [2.75, 3.05) is 6.61 Å². The van der Waals surface area contributed by atoms with Gasteiger partial charge in [-0.1, -0.05) is 39.8 Å². The molecule has 0 aromatic rings. The van der Waals surface area contributed by atoms with Crippen LogP contribution in [0.3, 0.4) is 0 Å². The predicted molar refractivity (Wildman–Crippen MR) is 128 cm³/mol. The molecule has 0 bridgehead atoms. The molecule has 0 saturated heterocycles. The summed E-state index contributed by atoms with van der Waals surface area (Å²) in [6.07, 6.45) is 7.05. The minimum atomic E-state index is -0.653. The fraction of sp³-hybridized carbons (Fsp3) is 0.929. The summed E-state index contributed by atoms with van der Waals surface area (Å²) < 4.78 is 0. The predicted octanol–water partition coefficient (Wildman–Crippen LogP) is 4.55. The molecule has 4 nitrogen and oxygen atoms in total. The lowest BCUT2D eigenvalue weighted by molar-refractivity contribution is -0.207. The summed E-state index contributed by atoms with van der Waals surface area (Å²) in [6, 6.07) is 0. The second-order valence-corrected chi connectivity index (χ2v) is 12.8. The van der Waals surface area contributed by atoms with Gasteiger partial charge in [-0.15, -0.1) is 0 Å². The first-order valence-corrected chi connectivity index (χ1v) is 13.4. The second kappa shape index (κ2) is 8.98. The molecule has 0 radical (unpaired) electrons. The van der Waals surface area contributed by atoms with E-state index >= 15 is 0 Å². The van der Waals surface area contributed by atoms with Crippen LogP contribution >= 0.6 is 0 Å². The lowest BCUT2D eigenvalue weighted by Gasteiger charge is -2.63. The van der Waals surface area contributed by atoms with Gasteiger partial charge in [0.25, 0.3) is 0 Å². The minimum Gasteiger partial charge on any atom is -0.396 e. The molecule has 4 rings (SSSR count). The van der Waals surface area contributed by atoms with Crippen LogP contribution in [0.5, 0.6) is 0 Å². The van der Waals surface area contributed by atoms with Crippen LogP contribution in [-0.4, -0.2) is 45.3 Å². The average Bonchev–Trinajstić information content (AvgIpc) is 3.07. The van der Waals surface area contributed by atoms with Gasteiger partial charge in [0, 0.05) is 6.61 Å². The fourth-order valence-corrected chi connectivity index (χ4v) is 9.33. The minimum absolute atomic E-state index is 0.0726. The number of aliphatic hydroxyl groups excluding tert-OH is 4. The third-order valence-corrected chi connectivity index (χ3v) is 11.2. The Morgan fingerprint density at radius 2 is 1.62 bits per heavy atom. The first-order valence-electron chi connectivity index (χ1n) is 13.4. The number of aliphatic hydroxyl groups is 4. The Hall–Kier alpha value is -0.420. The van der Waals surface area contributed by atoms with Crippen molar-refractivity contribution in [1.29, 1.82) is 0 Å². The van der Waals surface area contributed by atoms with Crippen LogP contribution in [0.1, 0.15) is 85.5 Å². The summed E-state index contributed by atoms with van der Waals surface area (Å²) in [5.41, 5.74) is 1.26. The lowest BCUT2D eigenvalue weighted by atomic mass is 9.43. The van der Waals surface area contributed by atoms with Gasteiger partial charge >= 0.3 is 0 Å². The smallest absolute Gasteiger partial charge is 0.0832 e. The monoisotopic (exact) mass is 448 g/mol. The Balaban J connectivity index is 1.55. The van der Waals surface area contributed by atoms with Crippen LogP contribution in [0.15, 0.2) is 12.2 Å². The first-order chi connectivity index (χ1) is 15.0. The van der Waals surface area contributed by atoms with Crippen LogP contribution < -0.4 is 0 Å². The standard InChI is InChI=1S/C28H48O4/c1-16(2)17(3)6-7-18(15-29)20-10-11-21-19-8-9-22-26(32)23(30)12-13-27(22,4)25(19)24(31)14-28(20,21)5/h16,18-26,29-32H,3,6-15H2,1-2,4-5H3. The van der Waals surface area contributed by atoms with Gasteiger partial charge in [0.2, 0.25) is 0 Å². The van der Waals surface area contributed by atoms with E-state index in [1.807, 2.05) is 0 Å². The Morgan fingerprint density at radius 3 is 2.28 bits per heavy atom. The Kier molecular flexibility index (Phi) is 6.93. The van der Waals surface area contributed by atoms with E-state index in [0.29, 0.717) is 30.1 Å². The molecule has 0 amide bonds. The molecule has 4 N–H and O–H groups in total. The number of allylic oxidation sites excluding steroid dienone is 1. The van der Waals surface area contributed by atoms with Crippen molar-refractivity contribution in [3.63, 3.8) is 0 Å². The Labute approximate surface area is 195 Å². The maximum Gasteiger partial charge on any atom is 0.0832 e. The maximum atomic E-state index is 11.6. The molecule has 0 aromatic heterocycles. The fourth-order valence-electron chi connectivity index (χ4n) is 9.33. The largest absolute Gasteiger partial charge is 0.396 e. The van der Waals surface area contributed by atoms with Crippen molar-refractivity contribution >= 4 is 0 Å². The second-order valence-electron chi connectivity index (χ2n) is 12.8. The summed E-state index contributed by atoms with van der Waals surface area (Å²) in [5.74, 6) is 2.61. The highest BCUT2D eigenvalue weighted by Gasteiger charge is 2.64. The van der Waals surface area contributed by atoms with E-state index in [1.165, 1.54) is 12.0 Å². The van der Waals surface area contributed by atoms with Crippen LogP contribution in [0, 0.1) is 52.3 Å². The van der Waals surface area contributed by atoms with E-state index in [4.69, 9.17) is 0 Å². The summed E-state index contributed by atoms with van der Waals surface area (Å²) in [7, 11) is 0. The average molecular weight is 449 g/mol. The molecular formula is C28H48O4. The van der Waals surface area contributed by atoms with Gasteiger partial charge in [0.15, 0.2) is 0 Å². The molecule has 0 heterocycles. The third kappa shape index (κ3) is 3.82. The van der Waals surface area contributed by atoms with Gasteiger partial charge in [0.05, 0.1) is 18.3 Å². The highest BCUT2D eigenvalue weighted by Crippen LogP contribution is 2.68. The number of hydrogen-bond acceptors (Lipinski definition) is 4. The molecule has 4 fully saturated rings. The molecule has 11 atom stereocenters. The topological polar surface area (TPSA) is 80.9 Å². The van der Waals surface area contributed by atoms with E-state index in [9.17, 15) is 20.4 Å². The van der Waals surface area contributed by atoms with E-state index in [2.05, 4.69) is 34.3 Å². The molecular weight excluding hydrogens is 400 g/mol. The van der Waals surface area contributed by atoms with Crippen molar-refractivity contribution in [3.8, 4) is 0 Å². The summed E-state index contributed by atoms with van der Waals surface area (Å²) in [4.78, 5) is 0. The van der Waals surface area contributed by atoms with Crippen molar-refractivity contribution in [3.05, 3.63) is 12.2 Å². The quantitative estimate of drug-likeness (QED) is 0.450. The molecule has 4 aliphatic rings. The van der Waals surface area contributed by atoms with Gasteiger partial charge < -0.3 is 20.4 Å². The molecule has 32 heavy (non-hydrogen) atoms. The highest BCUT2D eigenvalue weighted by atomic mass is 16.3. The zero-order valence-electron chi connectivity index (χ0n) is 20.8. The zero-order valence-corrected chi connectivity index (χ0v) is 20.8. The SMILES string of the molecule is C=C(CCC(CO)C1CCC2C3CCC4C(O)C(O)CCC4(C)C3C(O)CC12C)C(C)C. The number of fused-ring (bicyclic) bond motifs is 5. The normalized spacial score (nSPS) is 49.3. The Bertz CT molecular complexity index is 691. The van der Waals surface area contributed by atoms with Crippen LogP contribution in [0.25, 0.3) is 0 Å². The molecule has 4 heteroatoms. The van der Waals surface area contributed by atoms with Gasteiger partial charge in [-0.2, -0.15) is 0 Å². The molecule has 4 aliphatic carbocycles. The van der Waals surface area contributed by atoms with E-state index in [-0.39, 0.29) is 41.3 Å². The van der Waals surface area contributed by atoms with E-state index in [1.54, 1.807) is 0 Å². The summed E-state index contributed by atoms with van der Waals surface area (Å²) >= 11 is 0. The van der Waals surface area contributed by atoms with Crippen LogP contribution in [0.4, 0.5) is 0 Å². The first kappa shape index (κ1) is 24.7. The zero-order chi connectivity index (χ0) is 23.4. The van der Waals surface area contributed by atoms with Gasteiger partial charge in [-0.05, 0) is 110 Å². The van der Waals surface area contributed by atoms with Crippen LogP contribution in [0.2, 0.25) is 0 Å². The molecule has 11 unspecified atom stereocenters. The van der Waals surface area contributed by atoms with Crippen LogP contribution in [-0.2, 0) is 0 Å². The van der Waals surface area contributed by atoms with E-state index in [0.717, 1.165) is 44.9 Å². The highest BCUT2D eigenvalue weighted by molar-refractivity contribution is 5.13. The molecule has 0 aromatic carbocycles. The van der Waals surface area contributed by atoms with Gasteiger partial charge in [-0.25, -0.2) is 0 Å². The molecule has 184 valence electrons. The van der Waals surface area contributed by atoms with Crippen molar-refractivity contribution in [2.45, 2.75) is 104 Å². The summed E-state index contributed by atoms with van der Waals surface area (Å²) in [6.45, 7) is 13.6. The lowest BCUT2D eigenvalue weighted by Crippen LogP contribution is -2.62. The van der Waals surface area contributed by atoms with E-state index < -0.39 is 12.2 Å². The molecule has 0 aliphatic heterocycles. The number of rotatable bonds is 6. The Morgan fingerprint density at radius 1 is 0.938 bits per heavy atom. The maximum absolute atomic E-state index is 11.6. The molecule has 0 spiro atoms. The van der Waals surface area contributed by atoms with Crippen molar-refractivity contribution in [2.24, 2.45) is 52.3 Å². The number of hydrogen-bond donors (Lipinski definition) is 4. The summed E-state index contributed by atoms with van der Waals surface area (Å²) in [5, 5.41) is 43.0. The van der Waals surface area contributed by atoms with Gasteiger partial charge in [0.1, 0.15) is 0 Å². The third-order valence-electron chi connectivity index (χ3n) is 11.2. The van der Waals surface area contributed by atoms with Gasteiger partial charge in [-0.3, -0.25) is 0 Å². The van der Waals surface area contributed by atoms with Crippen molar-refractivity contribution in [1.82, 2.24) is 0 Å². The van der Waals surface area contributed by atoms with Crippen molar-refractivity contribution < 1.29 is 20.4 Å². The molecule has 4 saturated carbocycles.